The minimum absolute atomic E-state index is 0.781. The highest BCUT2D eigenvalue weighted by Crippen LogP contribution is 2.09. The maximum atomic E-state index is 3.34. The predicted molar refractivity (Wildman–Crippen MR) is 83.8 cm³/mol. The van der Waals surface area contributed by atoms with Crippen molar-refractivity contribution < 1.29 is 0 Å². The zero-order valence-corrected chi connectivity index (χ0v) is 13.5. The Morgan fingerprint density at radius 2 is 1.37 bits per heavy atom. The molecule has 0 atom stereocenters. The van der Waals surface area contributed by atoms with E-state index in [1.807, 2.05) is 0 Å². The van der Waals surface area contributed by atoms with Gasteiger partial charge in [-0.05, 0) is 60.0 Å². The fourth-order valence-corrected chi connectivity index (χ4v) is 2.67. The molecule has 0 radical (unpaired) electrons. The molecule has 114 valence electrons. The van der Waals surface area contributed by atoms with Gasteiger partial charge in [0.1, 0.15) is 0 Å². The molecule has 0 unspecified atom stereocenters. The van der Waals surface area contributed by atoms with Crippen molar-refractivity contribution in [3.8, 4) is 0 Å². The average Bonchev–Trinajstić information content (AvgIpc) is 2.44. The van der Waals surface area contributed by atoms with Crippen molar-refractivity contribution in [3.63, 3.8) is 0 Å². The zero-order chi connectivity index (χ0) is 14.1. The molecular formula is C15H34N4. The lowest BCUT2D eigenvalue weighted by Gasteiger charge is -2.31. The van der Waals surface area contributed by atoms with Gasteiger partial charge in [-0.1, -0.05) is 6.92 Å². The van der Waals surface area contributed by atoms with Gasteiger partial charge in [-0.25, -0.2) is 0 Å². The monoisotopic (exact) mass is 270 g/mol. The van der Waals surface area contributed by atoms with E-state index in [-0.39, 0.29) is 0 Å². The molecule has 2 aliphatic rings. The number of piperidine rings is 1. The smallest absolute Gasteiger partial charge is 0.0107 e. The van der Waals surface area contributed by atoms with Crippen LogP contribution in [0, 0.1) is 0 Å². The number of hydrogen-bond acceptors (Lipinski definition) is 4. The first-order valence-corrected chi connectivity index (χ1v) is 7.92. The third-order valence-electron chi connectivity index (χ3n) is 4.26. The molecule has 2 aliphatic heterocycles. The van der Waals surface area contributed by atoms with E-state index in [0.717, 1.165) is 6.04 Å². The highest BCUT2D eigenvalue weighted by molar-refractivity contribution is 4.75. The predicted octanol–water partition coefficient (Wildman–Crippen LogP) is 0.944. The molecule has 2 rings (SSSR count). The van der Waals surface area contributed by atoms with E-state index in [0.29, 0.717) is 0 Å². The van der Waals surface area contributed by atoms with Crippen LogP contribution in [0.4, 0.5) is 0 Å². The number of likely N-dealkylation sites (tertiary alicyclic amines) is 1. The summed E-state index contributed by atoms with van der Waals surface area (Å²) >= 11 is 0. The van der Waals surface area contributed by atoms with Crippen LogP contribution in [0.3, 0.4) is 0 Å². The zero-order valence-electron chi connectivity index (χ0n) is 13.5. The molecule has 0 aliphatic carbocycles. The van der Waals surface area contributed by atoms with Crippen LogP contribution in [0.2, 0.25) is 0 Å². The van der Waals surface area contributed by atoms with Gasteiger partial charge in [-0.2, -0.15) is 0 Å². The fraction of sp³-hybridized carbons (Fsp3) is 1.00. The second kappa shape index (κ2) is 9.70. The highest BCUT2D eigenvalue weighted by atomic mass is 15.2. The first kappa shape index (κ1) is 16.9. The Morgan fingerprint density at radius 1 is 0.895 bits per heavy atom. The second-order valence-electron chi connectivity index (χ2n) is 6.01. The van der Waals surface area contributed by atoms with Crippen LogP contribution in [-0.2, 0) is 0 Å². The summed E-state index contributed by atoms with van der Waals surface area (Å²) in [7, 11) is 6.42. The van der Waals surface area contributed by atoms with E-state index in [2.05, 4.69) is 48.1 Å². The van der Waals surface area contributed by atoms with E-state index in [4.69, 9.17) is 0 Å². The Balaban J connectivity index is 0.000000200. The van der Waals surface area contributed by atoms with Crippen molar-refractivity contribution in [2.75, 3.05) is 67.0 Å². The molecule has 4 nitrogen and oxygen atoms in total. The third-order valence-corrected chi connectivity index (χ3v) is 4.26. The molecule has 0 saturated carbocycles. The molecule has 2 saturated heterocycles. The summed E-state index contributed by atoms with van der Waals surface area (Å²) in [6.07, 6.45) is 3.96. The van der Waals surface area contributed by atoms with Crippen LogP contribution >= 0.6 is 0 Å². The van der Waals surface area contributed by atoms with Gasteiger partial charge in [-0.3, -0.25) is 0 Å². The van der Waals surface area contributed by atoms with E-state index in [9.17, 15) is 0 Å². The Bertz CT molecular complexity index is 196. The lowest BCUT2D eigenvalue weighted by molar-refractivity contribution is 0.181. The van der Waals surface area contributed by atoms with Crippen molar-refractivity contribution in [2.45, 2.75) is 32.2 Å². The second-order valence-corrected chi connectivity index (χ2v) is 6.01. The highest BCUT2D eigenvalue weighted by Gasteiger charge is 2.16. The lowest BCUT2D eigenvalue weighted by Crippen LogP contribution is -2.42. The molecular weight excluding hydrogens is 236 g/mol. The molecule has 19 heavy (non-hydrogen) atoms. The summed E-state index contributed by atoms with van der Waals surface area (Å²) in [4.78, 5) is 7.29. The van der Waals surface area contributed by atoms with Crippen LogP contribution in [0.15, 0.2) is 0 Å². The van der Waals surface area contributed by atoms with Crippen LogP contribution in [0.5, 0.6) is 0 Å². The molecule has 0 bridgehead atoms. The average molecular weight is 270 g/mol. The Kier molecular flexibility index (Phi) is 8.62. The first-order valence-electron chi connectivity index (χ1n) is 7.92. The standard InChI is InChI=1S/C9H20N2.C6H14N2/c1-3-6-11-7-4-9(10-2)5-8-11;1-7-3-5-8(2)6-4-7/h9-10H,3-8H2,1-2H3;3-6H2,1-2H3. The number of rotatable bonds is 3. The van der Waals surface area contributed by atoms with Gasteiger partial charge in [0.05, 0.1) is 0 Å². The lowest BCUT2D eigenvalue weighted by atomic mass is 10.1. The molecule has 0 aromatic heterocycles. The summed E-state index contributed by atoms with van der Waals surface area (Å²) in [5.41, 5.74) is 0. The summed E-state index contributed by atoms with van der Waals surface area (Å²) in [6, 6.07) is 0.781. The third kappa shape index (κ3) is 7.25. The van der Waals surface area contributed by atoms with Gasteiger partial charge in [0.2, 0.25) is 0 Å². The van der Waals surface area contributed by atoms with E-state index in [1.54, 1.807) is 0 Å². The molecule has 4 heteroatoms. The molecule has 0 spiro atoms. The maximum Gasteiger partial charge on any atom is 0.0107 e. The minimum atomic E-state index is 0.781. The van der Waals surface area contributed by atoms with Crippen LogP contribution in [-0.4, -0.2) is 87.7 Å². The van der Waals surface area contributed by atoms with Crippen LogP contribution in [0.1, 0.15) is 26.2 Å². The Hall–Kier alpha value is -0.160. The number of piperazine rings is 1. The van der Waals surface area contributed by atoms with Crippen molar-refractivity contribution in [3.05, 3.63) is 0 Å². The van der Waals surface area contributed by atoms with Gasteiger partial charge in [0.15, 0.2) is 0 Å². The SMILES string of the molecule is CCCN1CCC(NC)CC1.CN1CCN(C)CC1. The van der Waals surface area contributed by atoms with E-state index >= 15 is 0 Å². The normalized spacial score (nSPS) is 24.0. The van der Waals surface area contributed by atoms with E-state index in [1.165, 1.54) is 65.1 Å². The van der Waals surface area contributed by atoms with Gasteiger partial charge in [0.25, 0.3) is 0 Å². The summed E-state index contributed by atoms with van der Waals surface area (Å²) < 4.78 is 0. The molecule has 2 fully saturated rings. The van der Waals surface area contributed by atoms with Gasteiger partial charge >= 0.3 is 0 Å². The van der Waals surface area contributed by atoms with Crippen LogP contribution < -0.4 is 5.32 Å². The fourth-order valence-electron chi connectivity index (χ4n) is 2.67. The molecule has 0 aromatic rings. The van der Waals surface area contributed by atoms with Gasteiger partial charge < -0.3 is 20.0 Å². The Morgan fingerprint density at radius 3 is 1.74 bits per heavy atom. The Labute approximate surface area is 120 Å². The quantitative estimate of drug-likeness (QED) is 0.824. The number of nitrogens with zero attached hydrogens (tertiary/aromatic N) is 3. The minimum Gasteiger partial charge on any atom is -0.317 e. The summed E-state index contributed by atoms with van der Waals surface area (Å²) in [5.74, 6) is 0. The number of likely N-dealkylation sites (N-methyl/N-ethyl adjacent to an activating group) is 2. The van der Waals surface area contributed by atoms with Crippen LogP contribution in [0.25, 0.3) is 0 Å². The number of nitrogens with one attached hydrogen (secondary N) is 1. The van der Waals surface area contributed by atoms with Crippen molar-refractivity contribution in [1.82, 2.24) is 20.0 Å². The van der Waals surface area contributed by atoms with Gasteiger partial charge in [-0.15, -0.1) is 0 Å². The van der Waals surface area contributed by atoms with Gasteiger partial charge in [0, 0.05) is 32.2 Å². The molecule has 0 amide bonds. The van der Waals surface area contributed by atoms with Crippen molar-refractivity contribution >= 4 is 0 Å². The summed E-state index contributed by atoms with van der Waals surface area (Å²) in [5, 5.41) is 3.34. The molecule has 2 heterocycles. The molecule has 1 N–H and O–H groups in total. The largest absolute Gasteiger partial charge is 0.317 e. The summed E-state index contributed by atoms with van der Waals surface area (Å²) in [6.45, 7) is 11.1. The van der Waals surface area contributed by atoms with Crippen molar-refractivity contribution in [1.29, 1.82) is 0 Å². The number of hydrogen-bond donors (Lipinski definition) is 1. The van der Waals surface area contributed by atoms with Crippen molar-refractivity contribution in [2.24, 2.45) is 0 Å². The van der Waals surface area contributed by atoms with E-state index < -0.39 is 0 Å². The maximum absolute atomic E-state index is 3.34. The first-order chi connectivity index (χ1) is 9.15. The topological polar surface area (TPSA) is 21.8 Å². The molecule has 0 aromatic carbocycles.